The first-order valence-electron chi connectivity index (χ1n) is 22.0. The summed E-state index contributed by atoms with van der Waals surface area (Å²) in [6.07, 6.45) is 0. The van der Waals surface area contributed by atoms with E-state index in [0.29, 0.717) is 0 Å². The zero-order valence-electron chi connectivity index (χ0n) is 34.8. The second-order valence-corrected chi connectivity index (χ2v) is 16.7. The van der Waals surface area contributed by atoms with Gasteiger partial charge >= 0.3 is 0 Å². The molecule has 0 aromatic heterocycles. The van der Waals surface area contributed by atoms with Gasteiger partial charge < -0.3 is 4.90 Å². The van der Waals surface area contributed by atoms with Crippen LogP contribution in [0.2, 0.25) is 0 Å². The van der Waals surface area contributed by atoms with Crippen LogP contribution in [-0.4, -0.2) is 6.71 Å². The standard InChI is InChI=1S/C61H42BN/c1-6-23-43(24-7-1)49-33-16-17-34-50(49)46-41-54-59-58(42-46)63(60-51(44-25-8-2-9-26-44)35-22-36-52(60)45-27-10-3-11-28-45)57-40-21-20-39-56(57)62(59)55-38-19-18-37-53(55)61(54,47-29-12-4-13-30-47)48-31-14-5-15-32-48/h1-42H. The van der Waals surface area contributed by atoms with Gasteiger partial charge in [0.25, 0.3) is 0 Å². The number of para-hydroxylation sites is 2. The minimum absolute atomic E-state index is 0.0123. The molecule has 2 aliphatic rings. The van der Waals surface area contributed by atoms with Crippen LogP contribution in [0.4, 0.5) is 17.1 Å². The molecule has 63 heavy (non-hydrogen) atoms. The van der Waals surface area contributed by atoms with Gasteiger partial charge in [-0.1, -0.05) is 242 Å². The lowest BCUT2D eigenvalue weighted by atomic mass is 9.29. The third-order valence-corrected chi connectivity index (χ3v) is 13.4. The molecular formula is C61H42BN. The van der Waals surface area contributed by atoms with Crippen LogP contribution in [0.25, 0.3) is 44.5 Å². The van der Waals surface area contributed by atoms with E-state index in [1.807, 2.05) is 0 Å². The van der Waals surface area contributed by atoms with Crippen LogP contribution in [-0.2, 0) is 5.41 Å². The van der Waals surface area contributed by atoms with Gasteiger partial charge in [-0.25, -0.2) is 0 Å². The topological polar surface area (TPSA) is 3.24 Å². The first-order chi connectivity index (χ1) is 31.3. The maximum absolute atomic E-state index is 2.62. The van der Waals surface area contributed by atoms with E-state index >= 15 is 0 Å². The summed E-state index contributed by atoms with van der Waals surface area (Å²) in [5.74, 6) is 0. The second-order valence-electron chi connectivity index (χ2n) is 16.7. The van der Waals surface area contributed by atoms with E-state index in [1.165, 1.54) is 100 Å². The van der Waals surface area contributed by atoms with Crippen LogP contribution in [0.3, 0.4) is 0 Å². The molecule has 2 heteroatoms. The van der Waals surface area contributed by atoms with Gasteiger partial charge in [0.1, 0.15) is 0 Å². The molecule has 10 aromatic carbocycles. The Kier molecular flexibility index (Phi) is 8.90. The normalized spacial score (nSPS) is 13.1. The summed E-state index contributed by atoms with van der Waals surface area (Å²) in [4.78, 5) is 2.62. The number of rotatable bonds is 7. The smallest absolute Gasteiger partial charge is 0.247 e. The summed E-state index contributed by atoms with van der Waals surface area (Å²) in [7, 11) is 0. The van der Waals surface area contributed by atoms with Crippen molar-refractivity contribution >= 4 is 40.2 Å². The lowest BCUT2D eigenvalue weighted by Gasteiger charge is -2.49. The molecule has 0 atom stereocenters. The number of fused-ring (bicyclic) bond motifs is 4. The highest BCUT2D eigenvalue weighted by Gasteiger charge is 2.51. The summed E-state index contributed by atoms with van der Waals surface area (Å²) in [5, 5.41) is 0. The molecule has 294 valence electrons. The molecule has 0 unspecified atom stereocenters. The van der Waals surface area contributed by atoms with Gasteiger partial charge in [-0.05, 0) is 84.8 Å². The fourth-order valence-corrected chi connectivity index (χ4v) is 10.9. The van der Waals surface area contributed by atoms with Crippen molar-refractivity contribution in [2.75, 3.05) is 4.90 Å². The number of benzene rings is 10. The molecule has 0 fully saturated rings. The molecule has 0 saturated heterocycles. The molecule has 0 amide bonds. The Bertz CT molecular complexity index is 3180. The minimum Gasteiger partial charge on any atom is -0.310 e. The third kappa shape index (κ3) is 5.79. The Morgan fingerprint density at radius 3 is 1.30 bits per heavy atom. The van der Waals surface area contributed by atoms with Crippen molar-refractivity contribution in [3.8, 4) is 44.5 Å². The fourth-order valence-electron chi connectivity index (χ4n) is 10.9. The van der Waals surface area contributed by atoms with E-state index in [9.17, 15) is 0 Å². The number of anilines is 3. The molecular weight excluding hydrogens is 757 g/mol. The highest BCUT2D eigenvalue weighted by Crippen LogP contribution is 2.53. The van der Waals surface area contributed by atoms with Crippen LogP contribution in [0.15, 0.2) is 255 Å². The Morgan fingerprint density at radius 1 is 0.302 bits per heavy atom. The summed E-state index contributed by atoms with van der Waals surface area (Å²) in [5.41, 5.74) is 21.5. The summed E-state index contributed by atoms with van der Waals surface area (Å²) in [6, 6.07) is 94.5. The van der Waals surface area contributed by atoms with Crippen molar-refractivity contribution in [2.45, 2.75) is 5.41 Å². The Balaban J connectivity index is 1.29. The van der Waals surface area contributed by atoms with Gasteiger partial charge in [-0.3, -0.25) is 0 Å². The van der Waals surface area contributed by atoms with Gasteiger partial charge in [-0.15, -0.1) is 0 Å². The molecule has 0 bridgehead atoms. The van der Waals surface area contributed by atoms with E-state index in [-0.39, 0.29) is 6.71 Å². The maximum atomic E-state index is 2.62. The van der Waals surface area contributed by atoms with Crippen molar-refractivity contribution in [1.82, 2.24) is 0 Å². The summed E-state index contributed by atoms with van der Waals surface area (Å²) < 4.78 is 0. The molecule has 2 aliphatic heterocycles. The van der Waals surface area contributed by atoms with Gasteiger partial charge in [0.2, 0.25) is 6.71 Å². The van der Waals surface area contributed by atoms with Crippen molar-refractivity contribution in [3.63, 3.8) is 0 Å². The third-order valence-electron chi connectivity index (χ3n) is 13.4. The maximum Gasteiger partial charge on any atom is 0.247 e. The first kappa shape index (κ1) is 36.9. The largest absolute Gasteiger partial charge is 0.310 e. The van der Waals surface area contributed by atoms with Crippen LogP contribution in [0, 0.1) is 0 Å². The zero-order chi connectivity index (χ0) is 41.7. The lowest BCUT2D eigenvalue weighted by molar-refractivity contribution is 0.751. The number of nitrogens with zero attached hydrogens (tertiary/aromatic N) is 1. The fraction of sp³-hybridized carbons (Fsp3) is 0.0164. The predicted octanol–water partition coefficient (Wildman–Crippen LogP) is 13.4. The van der Waals surface area contributed by atoms with Gasteiger partial charge in [-0.2, -0.15) is 0 Å². The van der Waals surface area contributed by atoms with E-state index in [2.05, 4.69) is 260 Å². The van der Waals surface area contributed by atoms with E-state index in [0.717, 1.165) is 0 Å². The highest BCUT2D eigenvalue weighted by atomic mass is 15.2. The Morgan fingerprint density at radius 2 is 0.730 bits per heavy atom. The first-order valence-corrected chi connectivity index (χ1v) is 22.0. The second kappa shape index (κ2) is 15.2. The quantitative estimate of drug-likeness (QED) is 0.145. The van der Waals surface area contributed by atoms with E-state index in [4.69, 9.17) is 0 Å². The van der Waals surface area contributed by atoms with E-state index < -0.39 is 5.41 Å². The van der Waals surface area contributed by atoms with Crippen LogP contribution >= 0.6 is 0 Å². The summed E-state index contributed by atoms with van der Waals surface area (Å²) >= 11 is 0. The average Bonchev–Trinajstić information content (AvgIpc) is 3.37. The molecule has 0 N–H and O–H groups in total. The van der Waals surface area contributed by atoms with Crippen molar-refractivity contribution in [2.24, 2.45) is 0 Å². The number of hydrogen-bond donors (Lipinski definition) is 0. The molecule has 12 rings (SSSR count). The Hall–Kier alpha value is -7.94. The van der Waals surface area contributed by atoms with Crippen LogP contribution in [0.5, 0.6) is 0 Å². The lowest BCUT2D eigenvalue weighted by Crippen LogP contribution is -2.65. The molecule has 2 heterocycles. The van der Waals surface area contributed by atoms with Crippen molar-refractivity contribution < 1.29 is 0 Å². The monoisotopic (exact) mass is 799 g/mol. The molecule has 10 aromatic rings. The highest BCUT2D eigenvalue weighted by molar-refractivity contribution is 6.99. The predicted molar refractivity (Wildman–Crippen MR) is 266 cm³/mol. The minimum atomic E-state index is -0.642. The zero-order valence-corrected chi connectivity index (χ0v) is 34.8. The summed E-state index contributed by atoms with van der Waals surface area (Å²) in [6.45, 7) is -0.0123. The van der Waals surface area contributed by atoms with E-state index in [1.54, 1.807) is 0 Å². The van der Waals surface area contributed by atoms with Crippen LogP contribution < -0.4 is 21.3 Å². The SMILES string of the molecule is c1ccc(-c2ccccc2-c2cc3c4c(c2)C(c2ccccc2)(c2ccccc2)c2ccccc2B4c2ccccc2N3c2c(-c3ccccc3)cccc2-c2ccccc2)cc1. The molecule has 0 aliphatic carbocycles. The molecule has 0 spiro atoms. The van der Waals surface area contributed by atoms with Crippen molar-refractivity contribution in [1.29, 1.82) is 0 Å². The van der Waals surface area contributed by atoms with Crippen molar-refractivity contribution in [3.05, 3.63) is 277 Å². The number of hydrogen-bond acceptors (Lipinski definition) is 1. The Labute approximate surface area is 370 Å². The van der Waals surface area contributed by atoms with Gasteiger partial charge in [0.05, 0.1) is 11.1 Å². The average molecular weight is 800 g/mol. The molecule has 0 saturated carbocycles. The van der Waals surface area contributed by atoms with Crippen LogP contribution in [0.1, 0.15) is 22.3 Å². The molecule has 1 nitrogen and oxygen atoms in total. The van der Waals surface area contributed by atoms with Gasteiger partial charge in [0, 0.05) is 22.5 Å². The molecule has 0 radical (unpaired) electrons. The van der Waals surface area contributed by atoms with Gasteiger partial charge in [0.15, 0.2) is 0 Å².